The van der Waals surface area contributed by atoms with Gasteiger partial charge in [0.05, 0.1) is 6.54 Å². The molecule has 7 heteroatoms. The zero-order chi connectivity index (χ0) is 17.0. The van der Waals surface area contributed by atoms with E-state index in [1.54, 1.807) is 12.1 Å². The van der Waals surface area contributed by atoms with E-state index in [4.69, 9.17) is 10.2 Å². The lowest BCUT2D eigenvalue weighted by Gasteiger charge is -2.45. The van der Waals surface area contributed by atoms with Gasteiger partial charge in [0.25, 0.3) is 5.91 Å². The van der Waals surface area contributed by atoms with Crippen molar-refractivity contribution in [2.24, 2.45) is 10.7 Å². The molecule has 2 heterocycles. The van der Waals surface area contributed by atoms with Crippen LogP contribution in [0.2, 0.25) is 0 Å². The minimum atomic E-state index is -0.544. The number of thioether (sulfide) groups is 1. The summed E-state index contributed by atoms with van der Waals surface area (Å²) in [4.78, 5) is 17.9. The number of primary amides is 1. The summed E-state index contributed by atoms with van der Waals surface area (Å²) in [5.41, 5.74) is 5.22. The van der Waals surface area contributed by atoms with Crippen molar-refractivity contribution < 1.29 is 9.21 Å². The van der Waals surface area contributed by atoms with Crippen LogP contribution in [0.1, 0.15) is 48.4 Å². The fourth-order valence-corrected chi connectivity index (χ4v) is 5.20. The number of amides is 1. The molecule has 1 aromatic rings. The van der Waals surface area contributed by atoms with Crippen LogP contribution in [0.4, 0.5) is 0 Å². The number of carbonyl (C=O) groups excluding carboxylic acids is 1. The molecule has 2 aliphatic rings. The van der Waals surface area contributed by atoms with E-state index in [1.165, 1.54) is 32.1 Å². The highest BCUT2D eigenvalue weighted by atomic mass is 32.2. The minimum Gasteiger partial charge on any atom is -0.454 e. The first-order valence-electron chi connectivity index (χ1n) is 8.60. The number of rotatable bonds is 3. The number of furan rings is 1. The highest BCUT2D eigenvalue weighted by Gasteiger charge is 2.38. The number of hydrogen-bond acceptors (Lipinski definition) is 4. The topological polar surface area (TPSA) is 83.9 Å². The quantitative estimate of drug-likeness (QED) is 0.645. The van der Waals surface area contributed by atoms with Crippen LogP contribution < -0.4 is 11.1 Å². The maximum atomic E-state index is 11.1. The van der Waals surface area contributed by atoms with E-state index >= 15 is 0 Å². The molecule has 6 nitrogen and oxygen atoms in total. The smallest absolute Gasteiger partial charge is 0.284 e. The molecule has 1 spiro atoms. The summed E-state index contributed by atoms with van der Waals surface area (Å²) in [6.07, 6.45) is 6.68. The van der Waals surface area contributed by atoms with Gasteiger partial charge in [0, 0.05) is 30.6 Å². The summed E-state index contributed by atoms with van der Waals surface area (Å²) in [5.74, 6) is 2.38. The van der Waals surface area contributed by atoms with Gasteiger partial charge in [-0.3, -0.25) is 9.79 Å². The van der Waals surface area contributed by atoms with Crippen molar-refractivity contribution in [2.45, 2.75) is 43.4 Å². The molecule has 1 saturated carbocycles. The zero-order valence-electron chi connectivity index (χ0n) is 14.2. The van der Waals surface area contributed by atoms with E-state index in [9.17, 15) is 4.79 Å². The first kappa shape index (κ1) is 17.2. The van der Waals surface area contributed by atoms with E-state index in [1.807, 2.05) is 7.05 Å². The van der Waals surface area contributed by atoms with Crippen molar-refractivity contribution in [2.75, 3.05) is 25.9 Å². The zero-order valence-corrected chi connectivity index (χ0v) is 15.0. The Morgan fingerprint density at radius 1 is 1.42 bits per heavy atom. The largest absolute Gasteiger partial charge is 0.454 e. The first-order valence-corrected chi connectivity index (χ1v) is 9.58. The summed E-state index contributed by atoms with van der Waals surface area (Å²) >= 11 is 2.14. The van der Waals surface area contributed by atoms with Crippen molar-refractivity contribution >= 4 is 23.6 Å². The Labute approximate surface area is 147 Å². The minimum absolute atomic E-state index is 0.192. The van der Waals surface area contributed by atoms with Crippen LogP contribution >= 0.6 is 11.8 Å². The molecular formula is C17H26N4O2S. The van der Waals surface area contributed by atoms with Gasteiger partial charge in [-0.05, 0) is 25.0 Å². The fraction of sp³-hybridized carbons (Fsp3) is 0.647. The van der Waals surface area contributed by atoms with E-state index in [-0.39, 0.29) is 5.76 Å². The van der Waals surface area contributed by atoms with Gasteiger partial charge in [-0.25, -0.2) is 0 Å². The van der Waals surface area contributed by atoms with Crippen LogP contribution in [0.3, 0.4) is 0 Å². The predicted octanol–water partition coefficient (Wildman–Crippen LogP) is 2.21. The number of aliphatic imine (C=N–C) groups is 1. The van der Waals surface area contributed by atoms with Gasteiger partial charge in [-0.15, -0.1) is 0 Å². The summed E-state index contributed by atoms with van der Waals surface area (Å²) < 4.78 is 5.82. The monoisotopic (exact) mass is 350 g/mol. The van der Waals surface area contributed by atoms with Gasteiger partial charge in [0.1, 0.15) is 5.76 Å². The molecule has 24 heavy (non-hydrogen) atoms. The molecule has 132 valence electrons. The first-order chi connectivity index (χ1) is 11.6. The second-order valence-electron chi connectivity index (χ2n) is 6.54. The number of carbonyl (C=O) groups is 1. The lowest BCUT2D eigenvalue weighted by molar-refractivity contribution is 0.0972. The number of guanidine groups is 1. The molecule has 0 unspecified atom stereocenters. The third-order valence-corrected chi connectivity index (χ3v) is 6.39. The highest BCUT2D eigenvalue weighted by molar-refractivity contribution is 8.00. The molecule has 1 aliphatic carbocycles. The third-order valence-electron chi connectivity index (χ3n) is 4.85. The van der Waals surface area contributed by atoms with Gasteiger partial charge in [0.2, 0.25) is 0 Å². The van der Waals surface area contributed by atoms with Crippen LogP contribution in [0, 0.1) is 0 Å². The van der Waals surface area contributed by atoms with E-state index in [0.29, 0.717) is 17.1 Å². The molecule has 2 fully saturated rings. The molecule has 0 aromatic carbocycles. The molecule has 1 aromatic heterocycles. The predicted molar refractivity (Wildman–Crippen MR) is 97.3 cm³/mol. The maximum absolute atomic E-state index is 11.1. The SMILES string of the molecule is CN=C(NCc1ccc(C(N)=O)o1)N1CCSC2(CCCCC2)C1. The van der Waals surface area contributed by atoms with Crippen LogP contribution in [-0.4, -0.2) is 47.4 Å². The Morgan fingerprint density at radius 2 is 2.21 bits per heavy atom. The van der Waals surface area contributed by atoms with Crippen molar-refractivity contribution in [3.05, 3.63) is 23.7 Å². The standard InChI is InChI=1S/C17H26N4O2S/c1-19-16(20-11-13-5-6-14(23-13)15(18)22)21-9-10-24-17(12-21)7-3-2-4-8-17/h5-6H,2-4,7-12H2,1H3,(H2,18,22)(H,19,20). The van der Waals surface area contributed by atoms with Gasteiger partial charge < -0.3 is 20.4 Å². The summed E-state index contributed by atoms with van der Waals surface area (Å²) in [7, 11) is 1.81. The fourth-order valence-electron chi connectivity index (χ4n) is 3.63. The number of nitrogens with two attached hydrogens (primary N) is 1. The molecule has 1 saturated heterocycles. The van der Waals surface area contributed by atoms with Crippen LogP contribution in [0.25, 0.3) is 0 Å². The van der Waals surface area contributed by atoms with E-state index in [2.05, 4.69) is 27.0 Å². The average molecular weight is 350 g/mol. The molecule has 0 bridgehead atoms. The number of nitrogens with zero attached hydrogens (tertiary/aromatic N) is 2. The van der Waals surface area contributed by atoms with Gasteiger partial charge in [-0.2, -0.15) is 11.8 Å². The Kier molecular flexibility index (Phi) is 5.38. The normalized spacial score (nSPS) is 21.0. The van der Waals surface area contributed by atoms with Crippen molar-refractivity contribution in [3.63, 3.8) is 0 Å². The molecule has 3 N–H and O–H groups in total. The van der Waals surface area contributed by atoms with Crippen molar-refractivity contribution in [3.8, 4) is 0 Å². The van der Waals surface area contributed by atoms with E-state index in [0.717, 1.165) is 24.8 Å². The molecule has 0 atom stereocenters. The van der Waals surface area contributed by atoms with Gasteiger partial charge >= 0.3 is 0 Å². The molecule has 3 rings (SSSR count). The summed E-state index contributed by atoms with van der Waals surface area (Å²) in [5, 5.41) is 3.35. The summed E-state index contributed by atoms with van der Waals surface area (Å²) in [6, 6.07) is 3.38. The van der Waals surface area contributed by atoms with Crippen LogP contribution in [0.15, 0.2) is 21.5 Å². The highest BCUT2D eigenvalue weighted by Crippen LogP contribution is 2.42. The lowest BCUT2D eigenvalue weighted by atomic mass is 9.87. The second-order valence-corrected chi connectivity index (χ2v) is 8.11. The maximum Gasteiger partial charge on any atom is 0.284 e. The molecule has 0 radical (unpaired) electrons. The van der Waals surface area contributed by atoms with Crippen LogP contribution in [0.5, 0.6) is 0 Å². The Bertz CT molecular complexity index is 602. The average Bonchev–Trinajstić information content (AvgIpc) is 3.06. The number of nitrogens with one attached hydrogen (secondary N) is 1. The lowest BCUT2D eigenvalue weighted by Crippen LogP contribution is -2.53. The van der Waals surface area contributed by atoms with Crippen molar-refractivity contribution in [1.29, 1.82) is 0 Å². The Morgan fingerprint density at radius 3 is 2.88 bits per heavy atom. The van der Waals surface area contributed by atoms with Crippen molar-refractivity contribution in [1.82, 2.24) is 10.2 Å². The van der Waals surface area contributed by atoms with Crippen LogP contribution in [-0.2, 0) is 6.54 Å². The van der Waals surface area contributed by atoms with Gasteiger partial charge in [-0.1, -0.05) is 19.3 Å². The molecular weight excluding hydrogens is 324 g/mol. The van der Waals surface area contributed by atoms with E-state index < -0.39 is 5.91 Å². The Hall–Kier alpha value is -1.63. The molecule has 1 amide bonds. The Balaban J connectivity index is 1.60. The third kappa shape index (κ3) is 3.88. The number of hydrogen-bond donors (Lipinski definition) is 2. The molecule has 1 aliphatic heterocycles. The summed E-state index contributed by atoms with van der Waals surface area (Å²) in [6.45, 7) is 2.56. The second kappa shape index (κ2) is 7.51. The van der Waals surface area contributed by atoms with Gasteiger partial charge in [0.15, 0.2) is 11.7 Å².